The number of nitriles is 1. The predicted molar refractivity (Wildman–Crippen MR) is 121 cm³/mol. The standard InChI is InChI=1S/C24H24N4O2S/c1-17-22(31-23(26-17)19-6-4-3-5-7-19)24(29)28-14-12-27(13-15-28)21(16-25)18-8-10-20(30-2)11-9-18/h3-11,21H,12-15H2,1-2H3. The first-order chi connectivity index (χ1) is 15.1. The van der Waals surface area contributed by atoms with Gasteiger partial charge in [-0.15, -0.1) is 11.3 Å². The number of methoxy groups -OCH3 is 1. The van der Waals surface area contributed by atoms with Gasteiger partial charge in [0, 0.05) is 31.7 Å². The van der Waals surface area contributed by atoms with Crippen LogP contribution in [0.15, 0.2) is 54.6 Å². The van der Waals surface area contributed by atoms with Crippen LogP contribution < -0.4 is 4.74 Å². The Labute approximate surface area is 186 Å². The monoisotopic (exact) mass is 432 g/mol. The van der Waals surface area contributed by atoms with Crippen LogP contribution in [0.1, 0.15) is 27.0 Å². The van der Waals surface area contributed by atoms with Gasteiger partial charge in [-0.05, 0) is 24.6 Å². The minimum atomic E-state index is -0.335. The van der Waals surface area contributed by atoms with Crippen molar-refractivity contribution < 1.29 is 9.53 Å². The third-order valence-corrected chi connectivity index (χ3v) is 6.73. The van der Waals surface area contributed by atoms with E-state index >= 15 is 0 Å². The molecule has 0 N–H and O–H groups in total. The fraction of sp³-hybridized carbons (Fsp3) is 0.292. The fourth-order valence-corrected chi connectivity index (χ4v) is 4.82. The van der Waals surface area contributed by atoms with Crippen molar-refractivity contribution in [1.82, 2.24) is 14.8 Å². The quantitative estimate of drug-likeness (QED) is 0.606. The summed E-state index contributed by atoms with van der Waals surface area (Å²) in [6, 6.07) is 19.6. The number of ether oxygens (including phenoxy) is 1. The highest BCUT2D eigenvalue weighted by Crippen LogP contribution is 2.29. The summed E-state index contributed by atoms with van der Waals surface area (Å²) in [4.78, 5) is 22.5. The third-order valence-electron chi connectivity index (χ3n) is 5.53. The molecule has 2 heterocycles. The van der Waals surface area contributed by atoms with Crippen LogP contribution in [0, 0.1) is 18.3 Å². The zero-order valence-electron chi connectivity index (χ0n) is 17.6. The second-order valence-electron chi connectivity index (χ2n) is 7.43. The van der Waals surface area contributed by atoms with E-state index in [0.717, 1.165) is 27.6 Å². The molecule has 31 heavy (non-hydrogen) atoms. The maximum Gasteiger partial charge on any atom is 0.265 e. The van der Waals surface area contributed by atoms with Crippen molar-refractivity contribution in [2.75, 3.05) is 33.3 Å². The van der Waals surface area contributed by atoms with E-state index in [9.17, 15) is 10.1 Å². The average molecular weight is 433 g/mol. The van der Waals surface area contributed by atoms with Crippen LogP contribution in [-0.4, -0.2) is 54.0 Å². The number of aromatic nitrogens is 1. The number of benzene rings is 2. The van der Waals surface area contributed by atoms with Gasteiger partial charge in [-0.3, -0.25) is 9.69 Å². The highest BCUT2D eigenvalue weighted by atomic mass is 32.1. The van der Waals surface area contributed by atoms with Crippen molar-refractivity contribution >= 4 is 17.2 Å². The Kier molecular flexibility index (Phi) is 6.31. The number of aryl methyl sites for hydroxylation is 1. The van der Waals surface area contributed by atoms with Crippen molar-refractivity contribution in [2.24, 2.45) is 0 Å². The van der Waals surface area contributed by atoms with Crippen molar-refractivity contribution in [3.63, 3.8) is 0 Å². The van der Waals surface area contributed by atoms with Gasteiger partial charge in [0.1, 0.15) is 21.7 Å². The molecular weight excluding hydrogens is 408 g/mol. The number of hydrogen-bond donors (Lipinski definition) is 0. The van der Waals surface area contributed by atoms with Crippen molar-refractivity contribution in [3.05, 3.63) is 70.7 Å². The van der Waals surface area contributed by atoms with Gasteiger partial charge in [0.15, 0.2) is 0 Å². The second kappa shape index (κ2) is 9.29. The molecule has 6 nitrogen and oxygen atoms in total. The first kappa shape index (κ1) is 21.0. The number of thiazole rings is 1. The first-order valence-electron chi connectivity index (χ1n) is 10.2. The molecule has 1 amide bonds. The summed E-state index contributed by atoms with van der Waals surface area (Å²) in [5.41, 5.74) is 2.73. The van der Waals surface area contributed by atoms with E-state index < -0.39 is 0 Å². The highest BCUT2D eigenvalue weighted by molar-refractivity contribution is 7.17. The zero-order valence-corrected chi connectivity index (χ0v) is 18.4. The second-order valence-corrected chi connectivity index (χ2v) is 8.43. The Morgan fingerprint density at radius 1 is 1.10 bits per heavy atom. The van der Waals surface area contributed by atoms with Gasteiger partial charge < -0.3 is 9.64 Å². The van der Waals surface area contributed by atoms with Gasteiger partial charge >= 0.3 is 0 Å². The average Bonchev–Trinajstić information content (AvgIpc) is 3.22. The maximum atomic E-state index is 13.2. The minimum absolute atomic E-state index is 0.0230. The molecule has 0 saturated carbocycles. The smallest absolute Gasteiger partial charge is 0.265 e. The van der Waals surface area contributed by atoms with E-state index in [0.29, 0.717) is 31.1 Å². The van der Waals surface area contributed by atoms with E-state index in [2.05, 4.69) is 16.0 Å². The Morgan fingerprint density at radius 3 is 2.39 bits per heavy atom. The topological polar surface area (TPSA) is 69.5 Å². The molecule has 7 heteroatoms. The summed E-state index contributed by atoms with van der Waals surface area (Å²) in [7, 11) is 1.63. The van der Waals surface area contributed by atoms with Gasteiger partial charge in [0.2, 0.25) is 0 Å². The summed E-state index contributed by atoms with van der Waals surface area (Å²) in [6.07, 6.45) is 0. The lowest BCUT2D eigenvalue weighted by Gasteiger charge is -2.36. The van der Waals surface area contributed by atoms with Crippen LogP contribution in [0.2, 0.25) is 0 Å². The van der Waals surface area contributed by atoms with Crippen LogP contribution in [-0.2, 0) is 0 Å². The summed E-state index contributed by atoms with van der Waals surface area (Å²) in [5, 5.41) is 10.6. The SMILES string of the molecule is COc1ccc(C(C#N)N2CCN(C(=O)c3sc(-c4ccccc4)nc3C)CC2)cc1. The number of nitrogens with zero attached hydrogens (tertiary/aromatic N) is 4. The maximum absolute atomic E-state index is 13.2. The summed E-state index contributed by atoms with van der Waals surface area (Å²) < 4.78 is 5.21. The molecule has 4 rings (SSSR count). The molecule has 0 aliphatic carbocycles. The van der Waals surface area contributed by atoms with Crippen molar-refractivity contribution in [3.8, 4) is 22.4 Å². The van der Waals surface area contributed by atoms with Crippen LogP contribution in [0.3, 0.4) is 0 Å². The predicted octanol–water partition coefficient (Wildman–Crippen LogP) is 4.15. The first-order valence-corrected chi connectivity index (χ1v) is 11.0. The molecule has 158 valence electrons. The summed E-state index contributed by atoms with van der Waals surface area (Å²) in [5.74, 6) is 0.792. The number of carbonyl (C=O) groups excluding carboxylic acids is 1. The van der Waals surface area contributed by atoms with E-state index in [1.165, 1.54) is 11.3 Å². The normalized spacial score (nSPS) is 15.3. The largest absolute Gasteiger partial charge is 0.497 e. The van der Waals surface area contributed by atoms with Gasteiger partial charge in [-0.25, -0.2) is 4.98 Å². The third kappa shape index (κ3) is 4.46. The molecule has 1 aliphatic heterocycles. The molecule has 1 aliphatic rings. The van der Waals surface area contributed by atoms with Gasteiger partial charge in [-0.1, -0.05) is 42.5 Å². The molecule has 3 aromatic rings. The molecular formula is C24H24N4O2S. The number of piperazine rings is 1. The number of rotatable bonds is 5. The van der Waals surface area contributed by atoms with E-state index in [4.69, 9.17) is 4.74 Å². The lowest BCUT2D eigenvalue weighted by atomic mass is 10.1. The molecule has 1 fully saturated rings. The zero-order chi connectivity index (χ0) is 21.8. The summed E-state index contributed by atoms with van der Waals surface area (Å²) in [6.45, 7) is 4.37. The Balaban J connectivity index is 1.43. The molecule has 0 radical (unpaired) electrons. The van der Waals surface area contributed by atoms with E-state index in [1.807, 2.05) is 66.4 Å². The fourth-order valence-electron chi connectivity index (χ4n) is 3.78. The van der Waals surface area contributed by atoms with Crippen LogP contribution in [0.4, 0.5) is 0 Å². The highest BCUT2D eigenvalue weighted by Gasteiger charge is 2.29. The molecule has 0 bridgehead atoms. The minimum Gasteiger partial charge on any atom is -0.497 e. The molecule has 1 atom stereocenters. The Bertz CT molecular complexity index is 1080. The Hall–Kier alpha value is -3.21. The van der Waals surface area contributed by atoms with E-state index in [-0.39, 0.29) is 11.9 Å². The molecule has 2 aromatic carbocycles. The van der Waals surface area contributed by atoms with Gasteiger partial charge in [-0.2, -0.15) is 5.26 Å². The lowest BCUT2D eigenvalue weighted by Crippen LogP contribution is -2.49. The number of amides is 1. The van der Waals surface area contributed by atoms with Gasteiger partial charge in [0.25, 0.3) is 5.91 Å². The van der Waals surface area contributed by atoms with Crippen LogP contribution in [0.25, 0.3) is 10.6 Å². The van der Waals surface area contributed by atoms with Crippen molar-refractivity contribution in [1.29, 1.82) is 5.26 Å². The Morgan fingerprint density at radius 2 is 1.77 bits per heavy atom. The summed E-state index contributed by atoms with van der Waals surface area (Å²) >= 11 is 1.45. The van der Waals surface area contributed by atoms with Gasteiger partial charge in [0.05, 0.1) is 18.9 Å². The number of hydrogen-bond acceptors (Lipinski definition) is 6. The van der Waals surface area contributed by atoms with Crippen LogP contribution in [0.5, 0.6) is 5.75 Å². The van der Waals surface area contributed by atoms with Crippen molar-refractivity contribution in [2.45, 2.75) is 13.0 Å². The molecule has 0 spiro atoms. The lowest BCUT2D eigenvalue weighted by molar-refractivity contribution is 0.0610. The molecule has 1 unspecified atom stereocenters. The van der Waals surface area contributed by atoms with Crippen LogP contribution >= 0.6 is 11.3 Å². The molecule has 1 saturated heterocycles. The van der Waals surface area contributed by atoms with E-state index in [1.54, 1.807) is 7.11 Å². The molecule has 1 aromatic heterocycles. The number of carbonyl (C=O) groups is 1.